The Kier molecular flexibility index (Phi) is 16.4. The molecule has 5 atom stereocenters. The summed E-state index contributed by atoms with van der Waals surface area (Å²) in [5, 5.41) is 23.7. The van der Waals surface area contributed by atoms with Crippen LogP contribution >= 0.6 is 0 Å². The Labute approximate surface area is 289 Å². The highest BCUT2D eigenvalue weighted by molar-refractivity contribution is 5.99. The van der Waals surface area contributed by atoms with E-state index < -0.39 is 78.2 Å². The minimum atomic E-state index is -1.27. The second-order valence-corrected chi connectivity index (χ2v) is 11.4. The molecule has 0 aliphatic carbocycles. The zero-order valence-corrected chi connectivity index (χ0v) is 28.1. The maximum absolute atomic E-state index is 13.3. The monoisotopic (exact) mass is 695 g/mol. The van der Waals surface area contributed by atoms with Gasteiger partial charge in [0.15, 0.2) is 5.96 Å². The van der Waals surface area contributed by atoms with Crippen LogP contribution in [0.4, 0.5) is 0 Å². The third kappa shape index (κ3) is 14.4. The van der Waals surface area contributed by atoms with Gasteiger partial charge in [-0.05, 0) is 51.3 Å². The molecule has 0 aromatic heterocycles. The van der Waals surface area contributed by atoms with E-state index in [2.05, 4.69) is 36.9 Å². The van der Waals surface area contributed by atoms with Crippen LogP contribution in [-0.2, 0) is 35.2 Å². The standard InChI is InChI=1S/C33H45N9O8/c1-19(27(45)37-18-26(43)44)39-31(49)24(15-10-16-36-33(34)35)41-29(47)21(3)38-28(46)20(2)40-32(50)25(17-22-11-6-4-7-12-22)42-30(48)23-13-8-5-9-14-23/h4-9,11-14,19-21,24-25H,10,15-18H2,1-3H3,(H,37,45)(H,38,46)(H,39,49)(H,40,50)(H,41,47)(H,42,48)(H,43,44)(H4,34,35,36)/t19-,20-,21-,24-,25-/m0/s1. The lowest BCUT2D eigenvalue weighted by Gasteiger charge is -2.24. The Morgan fingerprint density at radius 1 is 0.660 bits per heavy atom. The van der Waals surface area contributed by atoms with Crippen molar-refractivity contribution in [2.45, 2.75) is 70.2 Å². The van der Waals surface area contributed by atoms with Crippen molar-refractivity contribution in [2.75, 3.05) is 13.1 Å². The van der Waals surface area contributed by atoms with E-state index in [1.54, 1.807) is 54.6 Å². The summed E-state index contributed by atoms with van der Waals surface area (Å²) < 4.78 is 0. The number of hydrogen-bond acceptors (Lipinski definition) is 8. The lowest BCUT2D eigenvalue weighted by atomic mass is 10.0. The average Bonchev–Trinajstić information content (AvgIpc) is 3.08. The van der Waals surface area contributed by atoms with Crippen LogP contribution in [0.2, 0.25) is 0 Å². The third-order valence-electron chi connectivity index (χ3n) is 7.19. The van der Waals surface area contributed by atoms with Gasteiger partial charge in [0.2, 0.25) is 29.5 Å². The van der Waals surface area contributed by atoms with Gasteiger partial charge in [0, 0.05) is 18.5 Å². The highest BCUT2D eigenvalue weighted by atomic mass is 16.4. The van der Waals surface area contributed by atoms with Crippen molar-refractivity contribution in [3.63, 3.8) is 0 Å². The van der Waals surface area contributed by atoms with E-state index in [4.69, 9.17) is 16.6 Å². The number of nitrogens with zero attached hydrogens (tertiary/aromatic N) is 1. The van der Waals surface area contributed by atoms with Crippen molar-refractivity contribution in [3.05, 3.63) is 71.8 Å². The molecule has 11 N–H and O–H groups in total. The van der Waals surface area contributed by atoms with E-state index in [1.165, 1.54) is 20.8 Å². The molecular formula is C33H45N9O8. The molecule has 17 heteroatoms. The first-order chi connectivity index (χ1) is 23.7. The van der Waals surface area contributed by atoms with E-state index in [-0.39, 0.29) is 31.8 Å². The van der Waals surface area contributed by atoms with Gasteiger partial charge in [-0.3, -0.25) is 38.6 Å². The Hall–Kier alpha value is -6.00. The maximum Gasteiger partial charge on any atom is 0.322 e. The summed E-state index contributed by atoms with van der Waals surface area (Å²) in [5.41, 5.74) is 11.8. The Balaban J connectivity index is 2.06. The fraction of sp³-hybridized carbons (Fsp3) is 0.394. The van der Waals surface area contributed by atoms with Crippen molar-refractivity contribution in [1.29, 1.82) is 0 Å². The summed E-state index contributed by atoms with van der Waals surface area (Å²) in [6.07, 6.45) is 0.442. The van der Waals surface area contributed by atoms with Gasteiger partial charge in [-0.15, -0.1) is 0 Å². The number of aliphatic carboxylic acids is 1. The van der Waals surface area contributed by atoms with Gasteiger partial charge in [-0.25, -0.2) is 0 Å². The fourth-order valence-corrected chi connectivity index (χ4v) is 4.44. The first kappa shape index (κ1) is 40.2. The Morgan fingerprint density at radius 3 is 1.72 bits per heavy atom. The van der Waals surface area contributed by atoms with Crippen molar-refractivity contribution in [3.8, 4) is 0 Å². The van der Waals surface area contributed by atoms with Crippen LogP contribution in [0.1, 0.15) is 49.5 Å². The molecule has 0 radical (unpaired) electrons. The number of carbonyl (C=O) groups excluding carboxylic acids is 6. The number of rotatable bonds is 19. The number of aliphatic imine (C=N–C) groups is 1. The minimum Gasteiger partial charge on any atom is -0.480 e. The van der Waals surface area contributed by atoms with Crippen LogP contribution in [0.5, 0.6) is 0 Å². The van der Waals surface area contributed by atoms with Crippen LogP contribution in [0.3, 0.4) is 0 Å². The van der Waals surface area contributed by atoms with Crippen LogP contribution < -0.4 is 43.4 Å². The van der Waals surface area contributed by atoms with E-state index in [1.807, 2.05) is 6.07 Å². The predicted molar refractivity (Wildman–Crippen MR) is 183 cm³/mol. The van der Waals surface area contributed by atoms with Crippen molar-refractivity contribution < 1.29 is 38.7 Å². The van der Waals surface area contributed by atoms with E-state index in [9.17, 15) is 33.6 Å². The van der Waals surface area contributed by atoms with Gasteiger partial charge in [0.25, 0.3) is 5.91 Å². The largest absolute Gasteiger partial charge is 0.480 e. The van der Waals surface area contributed by atoms with Crippen LogP contribution in [-0.4, -0.2) is 95.8 Å². The zero-order valence-electron chi connectivity index (χ0n) is 28.1. The first-order valence-electron chi connectivity index (χ1n) is 15.8. The number of carbonyl (C=O) groups is 7. The molecule has 0 saturated carbocycles. The summed E-state index contributed by atoms with van der Waals surface area (Å²) in [5.74, 6) is -5.51. The number of guanidine groups is 1. The molecule has 6 amide bonds. The number of amides is 6. The second kappa shape index (κ2) is 20.4. The molecule has 2 aromatic rings. The molecule has 2 rings (SSSR count). The van der Waals surface area contributed by atoms with Crippen molar-refractivity contribution in [1.82, 2.24) is 31.9 Å². The lowest BCUT2D eigenvalue weighted by Crippen LogP contribution is -2.58. The Bertz CT molecular complexity index is 1520. The van der Waals surface area contributed by atoms with Gasteiger partial charge >= 0.3 is 5.97 Å². The smallest absolute Gasteiger partial charge is 0.322 e. The van der Waals surface area contributed by atoms with Crippen molar-refractivity contribution >= 4 is 47.4 Å². The van der Waals surface area contributed by atoms with Crippen molar-refractivity contribution in [2.24, 2.45) is 16.5 Å². The fourth-order valence-electron chi connectivity index (χ4n) is 4.44. The van der Waals surface area contributed by atoms with Crippen LogP contribution in [0, 0.1) is 0 Å². The predicted octanol–water partition coefficient (Wildman–Crippen LogP) is -1.72. The van der Waals surface area contributed by atoms with E-state index >= 15 is 0 Å². The number of hydrogen-bond donors (Lipinski definition) is 9. The minimum absolute atomic E-state index is 0.0441. The summed E-state index contributed by atoms with van der Waals surface area (Å²) in [4.78, 5) is 92.1. The molecule has 2 aromatic carbocycles. The molecule has 0 spiro atoms. The SMILES string of the molecule is C[C@H](NC(=O)[C@H](C)NC(=O)[C@H](Cc1ccccc1)NC(=O)c1ccccc1)C(=O)N[C@@H](CCCN=C(N)N)C(=O)N[C@@H](C)C(=O)NCC(=O)O. The molecule has 0 heterocycles. The molecule has 0 aliphatic heterocycles. The van der Waals surface area contributed by atoms with Gasteiger partial charge < -0.3 is 48.5 Å². The Morgan fingerprint density at radius 2 is 1.16 bits per heavy atom. The summed E-state index contributed by atoms with van der Waals surface area (Å²) >= 11 is 0. The molecule has 0 unspecified atom stereocenters. The number of benzene rings is 2. The van der Waals surface area contributed by atoms with E-state index in [0.29, 0.717) is 5.56 Å². The average molecular weight is 696 g/mol. The zero-order chi connectivity index (χ0) is 37.2. The number of carboxylic acids is 1. The molecule has 0 bridgehead atoms. The lowest BCUT2D eigenvalue weighted by molar-refractivity contribution is -0.138. The van der Waals surface area contributed by atoms with Crippen LogP contribution in [0.25, 0.3) is 0 Å². The summed E-state index contributed by atoms with van der Waals surface area (Å²) in [6, 6.07) is 11.7. The van der Waals surface area contributed by atoms with Gasteiger partial charge in [0.05, 0.1) is 0 Å². The molecule has 50 heavy (non-hydrogen) atoms. The molecule has 0 fully saturated rings. The molecule has 270 valence electrons. The first-order valence-corrected chi connectivity index (χ1v) is 15.8. The van der Waals surface area contributed by atoms with Gasteiger partial charge in [-0.1, -0.05) is 48.5 Å². The molecular weight excluding hydrogens is 650 g/mol. The number of carboxylic acid groups (broad SMARTS) is 1. The molecule has 0 aliphatic rings. The van der Waals surface area contributed by atoms with Crippen LogP contribution in [0.15, 0.2) is 65.7 Å². The molecule has 0 saturated heterocycles. The number of nitrogens with one attached hydrogen (secondary N) is 6. The third-order valence-corrected chi connectivity index (χ3v) is 7.19. The highest BCUT2D eigenvalue weighted by Crippen LogP contribution is 2.07. The highest BCUT2D eigenvalue weighted by Gasteiger charge is 2.29. The number of nitrogens with two attached hydrogens (primary N) is 2. The van der Waals surface area contributed by atoms with Gasteiger partial charge in [0.1, 0.15) is 36.8 Å². The summed E-state index contributed by atoms with van der Waals surface area (Å²) in [6.45, 7) is 3.61. The maximum atomic E-state index is 13.3. The molecule has 17 nitrogen and oxygen atoms in total. The summed E-state index contributed by atoms with van der Waals surface area (Å²) in [7, 11) is 0. The normalized spacial score (nSPS) is 13.5. The van der Waals surface area contributed by atoms with E-state index in [0.717, 1.165) is 5.56 Å². The second-order valence-electron chi connectivity index (χ2n) is 11.4. The topological polar surface area (TPSA) is 276 Å². The quantitative estimate of drug-likeness (QED) is 0.0455. The van der Waals surface area contributed by atoms with Gasteiger partial charge in [-0.2, -0.15) is 0 Å².